The zero-order chi connectivity index (χ0) is 13.5. The third-order valence-corrected chi connectivity index (χ3v) is 2.27. The number of aromatic nitrogens is 2. The van der Waals surface area contributed by atoms with Gasteiger partial charge < -0.3 is 21.1 Å². The fourth-order valence-electron chi connectivity index (χ4n) is 1.23. The van der Waals surface area contributed by atoms with E-state index in [1.807, 2.05) is 0 Å². The second-order valence-corrected chi connectivity index (χ2v) is 3.97. The van der Waals surface area contributed by atoms with Crippen LogP contribution in [-0.4, -0.2) is 42.2 Å². The van der Waals surface area contributed by atoms with Crippen LogP contribution in [0.25, 0.3) is 0 Å². The van der Waals surface area contributed by atoms with Gasteiger partial charge in [0.2, 0.25) is 11.9 Å². The fraction of sp³-hybridized carbons (Fsp3) is 0.500. The van der Waals surface area contributed by atoms with E-state index in [0.29, 0.717) is 19.0 Å². The Morgan fingerprint density at radius 2 is 2.33 bits per heavy atom. The highest BCUT2D eigenvalue weighted by atomic mass is 35.5. The summed E-state index contributed by atoms with van der Waals surface area (Å²) in [6.45, 7) is 2.62. The fourth-order valence-corrected chi connectivity index (χ4v) is 1.42. The van der Waals surface area contributed by atoms with Gasteiger partial charge in [-0.15, -0.1) is 0 Å². The lowest BCUT2D eigenvalue weighted by Gasteiger charge is -2.14. The SMILES string of the molecule is COCCNC(=O)C(C)Nc1cc(Cl)nc(N)n1. The molecule has 1 rings (SSSR count). The number of anilines is 2. The lowest BCUT2D eigenvalue weighted by Crippen LogP contribution is -2.39. The first-order chi connectivity index (χ1) is 8.52. The predicted molar refractivity (Wildman–Crippen MR) is 69.4 cm³/mol. The van der Waals surface area contributed by atoms with Crippen molar-refractivity contribution in [2.75, 3.05) is 31.3 Å². The van der Waals surface area contributed by atoms with Gasteiger partial charge in [-0.25, -0.2) is 4.98 Å². The molecule has 0 bridgehead atoms. The summed E-state index contributed by atoms with van der Waals surface area (Å²) in [5.74, 6) is 0.291. The Morgan fingerprint density at radius 1 is 1.61 bits per heavy atom. The number of nitrogens with two attached hydrogens (primary N) is 1. The molecular weight excluding hydrogens is 258 g/mol. The van der Waals surface area contributed by atoms with E-state index in [2.05, 4.69) is 20.6 Å². The Kier molecular flexibility index (Phi) is 5.60. The van der Waals surface area contributed by atoms with Crippen molar-refractivity contribution in [3.8, 4) is 0 Å². The molecule has 0 saturated carbocycles. The Hall–Kier alpha value is -1.60. The van der Waals surface area contributed by atoms with Gasteiger partial charge in [0.25, 0.3) is 0 Å². The van der Waals surface area contributed by atoms with E-state index in [0.717, 1.165) is 0 Å². The summed E-state index contributed by atoms with van der Waals surface area (Å²) in [5, 5.41) is 5.80. The zero-order valence-electron chi connectivity index (χ0n) is 10.2. The second-order valence-electron chi connectivity index (χ2n) is 3.58. The summed E-state index contributed by atoms with van der Waals surface area (Å²) in [5.41, 5.74) is 5.45. The average molecular weight is 274 g/mol. The highest BCUT2D eigenvalue weighted by molar-refractivity contribution is 6.29. The maximum atomic E-state index is 11.7. The number of ether oxygens (including phenoxy) is 1. The number of amides is 1. The van der Waals surface area contributed by atoms with Crippen molar-refractivity contribution < 1.29 is 9.53 Å². The van der Waals surface area contributed by atoms with Gasteiger partial charge in [-0.2, -0.15) is 4.98 Å². The van der Waals surface area contributed by atoms with E-state index < -0.39 is 6.04 Å². The normalized spacial score (nSPS) is 11.9. The Bertz CT molecular complexity index is 395. The van der Waals surface area contributed by atoms with E-state index in [-0.39, 0.29) is 17.0 Å². The number of carbonyl (C=O) groups excluding carboxylic acids is 1. The van der Waals surface area contributed by atoms with Crippen molar-refractivity contribution in [1.82, 2.24) is 15.3 Å². The molecule has 0 aliphatic heterocycles. The third kappa shape index (κ3) is 4.72. The number of carbonyl (C=O) groups is 1. The minimum absolute atomic E-state index is 0.0528. The predicted octanol–water partition coefficient (Wildman–Crippen LogP) is 0.275. The molecule has 1 unspecified atom stereocenters. The molecule has 0 aliphatic carbocycles. The number of halogens is 1. The number of nitrogens with zero attached hydrogens (tertiary/aromatic N) is 2. The minimum Gasteiger partial charge on any atom is -0.383 e. The maximum Gasteiger partial charge on any atom is 0.242 e. The van der Waals surface area contributed by atoms with Gasteiger partial charge in [-0.3, -0.25) is 4.79 Å². The van der Waals surface area contributed by atoms with Crippen molar-refractivity contribution in [3.05, 3.63) is 11.2 Å². The maximum absolute atomic E-state index is 11.7. The second kappa shape index (κ2) is 6.97. The van der Waals surface area contributed by atoms with Crippen LogP contribution in [0.3, 0.4) is 0 Å². The highest BCUT2D eigenvalue weighted by Crippen LogP contribution is 2.13. The molecule has 4 N–H and O–H groups in total. The lowest BCUT2D eigenvalue weighted by atomic mass is 10.3. The molecule has 0 spiro atoms. The van der Waals surface area contributed by atoms with Gasteiger partial charge in [0.1, 0.15) is 17.0 Å². The number of hydrogen-bond donors (Lipinski definition) is 3. The number of rotatable bonds is 6. The quantitative estimate of drug-likeness (QED) is 0.508. The van der Waals surface area contributed by atoms with Crippen LogP contribution >= 0.6 is 11.6 Å². The van der Waals surface area contributed by atoms with Crippen LogP contribution in [0.15, 0.2) is 6.07 Å². The van der Waals surface area contributed by atoms with Crippen LogP contribution in [0.4, 0.5) is 11.8 Å². The van der Waals surface area contributed by atoms with Crippen LogP contribution in [0.5, 0.6) is 0 Å². The molecule has 8 heteroatoms. The molecule has 18 heavy (non-hydrogen) atoms. The van der Waals surface area contributed by atoms with Gasteiger partial charge in [0.05, 0.1) is 6.61 Å². The highest BCUT2D eigenvalue weighted by Gasteiger charge is 2.13. The molecular formula is C10H16ClN5O2. The molecule has 0 aromatic carbocycles. The molecule has 1 aromatic heterocycles. The first-order valence-electron chi connectivity index (χ1n) is 5.36. The molecule has 1 heterocycles. The topological polar surface area (TPSA) is 102 Å². The number of nitrogen functional groups attached to an aromatic ring is 1. The molecule has 100 valence electrons. The summed E-state index contributed by atoms with van der Waals surface area (Å²) in [6.07, 6.45) is 0. The molecule has 0 saturated heterocycles. The number of methoxy groups -OCH3 is 1. The summed E-state index contributed by atoms with van der Waals surface area (Å²) >= 11 is 5.73. The summed E-state index contributed by atoms with van der Waals surface area (Å²) in [6, 6.07) is 1.03. The van der Waals surface area contributed by atoms with Gasteiger partial charge in [0.15, 0.2) is 0 Å². The average Bonchev–Trinajstić information content (AvgIpc) is 2.27. The van der Waals surface area contributed by atoms with Crippen molar-refractivity contribution in [2.24, 2.45) is 0 Å². The number of hydrogen-bond acceptors (Lipinski definition) is 6. The standard InChI is InChI=1S/C10H16ClN5O2/c1-6(9(17)13-3-4-18-2)14-8-5-7(11)15-10(12)16-8/h5-6H,3-4H2,1-2H3,(H,13,17)(H3,12,14,15,16). The lowest BCUT2D eigenvalue weighted by molar-refractivity contribution is -0.121. The van der Waals surface area contributed by atoms with Crippen molar-refractivity contribution in [3.63, 3.8) is 0 Å². The van der Waals surface area contributed by atoms with E-state index in [4.69, 9.17) is 22.1 Å². The van der Waals surface area contributed by atoms with Gasteiger partial charge >= 0.3 is 0 Å². The van der Waals surface area contributed by atoms with E-state index in [1.165, 1.54) is 6.07 Å². The Morgan fingerprint density at radius 3 is 2.94 bits per heavy atom. The van der Waals surface area contributed by atoms with Gasteiger partial charge in [0, 0.05) is 19.7 Å². The number of nitrogens with one attached hydrogen (secondary N) is 2. The van der Waals surface area contributed by atoms with E-state index >= 15 is 0 Å². The van der Waals surface area contributed by atoms with Crippen LogP contribution in [0.2, 0.25) is 5.15 Å². The Labute approximate surface area is 110 Å². The monoisotopic (exact) mass is 273 g/mol. The first kappa shape index (κ1) is 14.5. The molecule has 0 fully saturated rings. The van der Waals surface area contributed by atoms with Crippen molar-refractivity contribution in [2.45, 2.75) is 13.0 Å². The van der Waals surface area contributed by atoms with Crippen LogP contribution in [0, 0.1) is 0 Å². The molecule has 0 aliphatic rings. The minimum atomic E-state index is -0.466. The van der Waals surface area contributed by atoms with E-state index in [9.17, 15) is 4.79 Å². The van der Waals surface area contributed by atoms with Crippen molar-refractivity contribution >= 4 is 29.3 Å². The summed E-state index contributed by atoms with van der Waals surface area (Å²) < 4.78 is 4.83. The first-order valence-corrected chi connectivity index (χ1v) is 5.74. The van der Waals surface area contributed by atoms with Crippen molar-refractivity contribution in [1.29, 1.82) is 0 Å². The third-order valence-electron chi connectivity index (χ3n) is 2.08. The van der Waals surface area contributed by atoms with Gasteiger partial charge in [-0.05, 0) is 6.92 Å². The molecule has 7 nitrogen and oxygen atoms in total. The molecule has 1 atom stereocenters. The Balaban J connectivity index is 2.52. The smallest absolute Gasteiger partial charge is 0.242 e. The van der Waals surface area contributed by atoms with Crippen LogP contribution in [-0.2, 0) is 9.53 Å². The van der Waals surface area contributed by atoms with E-state index in [1.54, 1.807) is 14.0 Å². The zero-order valence-corrected chi connectivity index (χ0v) is 11.0. The molecule has 0 radical (unpaired) electrons. The van der Waals surface area contributed by atoms with Crippen LogP contribution < -0.4 is 16.4 Å². The molecule has 1 amide bonds. The largest absolute Gasteiger partial charge is 0.383 e. The van der Waals surface area contributed by atoms with Crippen LogP contribution in [0.1, 0.15) is 6.92 Å². The summed E-state index contributed by atoms with van der Waals surface area (Å²) in [4.78, 5) is 19.3. The van der Waals surface area contributed by atoms with Gasteiger partial charge in [-0.1, -0.05) is 11.6 Å². The summed E-state index contributed by atoms with van der Waals surface area (Å²) in [7, 11) is 1.57. The molecule has 1 aromatic rings.